The van der Waals surface area contributed by atoms with Crippen LogP contribution >= 0.6 is 15.6 Å². The number of hydrogen-bond acceptors (Lipinski definition) is 15. The predicted octanol–water partition coefficient (Wildman–Crippen LogP) is 20.9. The van der Waals surface area contributed by atoms with Gasteiger partial charge in [-0.2, -0.15) is 0 Å². The molecule has 3 unspecified atom stereocenters. The van der Waals surface area contributed by atoms with Gasteiger partial charge in [0.05, 0.1) is 26.4 Å². The highest BCUT2D eigenvalue weighted by molar-refractivity contribution is 7.47. The van der Waals surface area contributed by atoms with Crippen LogP contribution in [0.15, 0.2) is 0 Å². The van der Waals surface area contributed by atoms with E-state index in [0.29, 0.717) is 25.7 Å². The minimum Gasteiger partial charge on any atom is -0.462 e. The van der Waals surface area contributed by atoms with Crippen molar-refractivity contribution in [3.63, 3.8) is 0 Å². The summed E-state index contributed by atoms with van der Waals surface area (Å²) in [7, 11) is -9.91. The second kappa shape index (κ2) is 62.6. The molecule has 19 heteroatoms. The molecule has 3 N–H and O–H groups in total. The summed E-state index contributed by atoms with van der Waals surface area (Å²) in [5.74, 6) is 0.892. The summed E-state index contributed by atoms with van der Waals surface area (Å²) in [6, 6.07) is 0. The first kappa shape index (κ1) is 90.1. The van der Waals surface area contributed by atoms with Crippen LogP contribution in [0.5, 0.6) is 0 Å². The molecule has 0 aliphatic carbocycles. The standard InChI is InChI=1S/C73H142O17P2/c1-9-66(8)52-44-36-31-32-38-46-54-71(76)84-60-69(90-72(77)55-47-39-29-23-17-16-20-26-34-42-50-64(4)5)62-88-92(81,82)86-58-67(74)57-85-91(79,80)87-61-68(89-73(78)56-48-40-30-24-18-21-27-35-43-51-65(6)7)59-83-70(75)53-45-37-28-22-15-13-11-10-12-14-19-25-33-41-49-63(2)3/h63-69,74H,9-62H2,1-8H3,(H,79,80)(H,81,82)/t66?,67-,68-,69-/m1/s1. The van der Waals surface area contributed by atoms with Crippen molar-refractivity contribution in [2.75, 3.05) is 39.6 Å². The van der Waals surface area contributed by atoms with E-state index in [2.05, 4.69) is 55.4 Å². The molecule has 0 heterocycles. The third kappa shape index (κ3) is 65.4. The van der Waals surface area contributed by atoms with E-state index in [4.69, 9.17) is 37.0 Å². The molecule has 0 bridgehead atoms. The number of esters is 4. The molecule has 0 radical (unpaired) electrons. The zero-order valence-electron chi connectivity index (χ0n) is 60.2. The van der Waals surface area contributed by atoms with Gasteiger partial charge in [0.25, 0.3) is 0 Å². The van der Waals surface area contributed by atoms with Gasteiger partial charge >= 0.3 is 39.5 Å². The summed E-state index contributed by atoms with van der Waals surface area (Å²) in [6.45, 7) is 14.1. The van der Waals surface area contributed by atoms with Crippen LogP contribution in [-0.4, -0.2) is 96.7 Å². The highest BCUT2D eigenvalue weighted by atomic mass is 31.2. The Balaban J connectivity index is 5.24. The first-order valence-corrected chi connectivity index (χ1v) is 40.7. The lowest BCUT2D eigenvalue weighted by Crippen LogP contribution is -2.30. The highest BCUT2D eigenvalue weighted by Crippen LogP contribution is 2.45. The Bertz CT molecular complexity index is 1820. The van der Waals surface area contributed by atoms with Gasteiger partial charge in [-0.25, -0.2) is 9.13 Å². The van der Waals surface area contributed by atoms with Crippen molar-refractivity contribution in [1.82, 2.24) is 0 Å². The Morgan fingerprint density at radius 2 is 0.522 bits per heavy atom. The summed E-state index contributed by atoms with van der Waals surface area (Å²) in [4.78, 5) is 72.7. The fraction of sp³-hybridized carbons (Fsp3) is 0.945. The number of carbonyl (C=O) groups is 4. The Morgan fingerprint density at radius 1 is 0.304 bits per heavy atom. The molecule has 0 aliphatic rings. The van der Waals surface area contributed by atoms with Gasteiger partial charge in [0.15, 0.2) is 12.2 Å². The number of unbranched alkanes of at least 4 members (excludes halogenated alkanes) is 35. The summed E-state index contributed by atoms with van der Waals surface area (Å²) in [5.41, 5.74) is 0. The van der Waals surface area contributed by atoms with E-state index in [0.717, 1.165) is 120 Å². The van der Waals surface area contributed by atoms with Gasteiger partial charge in [0.2, 0.25) is 0 Å². The van der Waals surface area contributed by atoms with E-state index < -0.39 is 97.5 Å². The second-order valence-electron chi connectivity index (χ2n) is 28.0. The van der Waals surface area contributed by atoms with Gasteiger partial charge in [0.1, 0.15) is 19.3 Å². The Kier molecular flexibility index (Phi) is 61.3. The maximum absolute atomic E-state index is 13.0. The third-order valence-electron chi connectivity index (χ3n) is 17.2. The summed E-state index contributed by atoms with van der Waals surface area (Å²) in [5, 5.41) is 10.6. The minimum absolute atomic E-state index is 0.105. The smallest absolute Gasteiger partial charge is 0.462 e. The molecular formula is C73H142O17P2. The van der Waals surface area contributed by atoms with Crippen molar-refractivity contribution in [2.45, 2.75) is 382 Å². The average Bonchev–Trinajstić information content (AvgIpc) is 3.57. The highest BCUT2D eigenvalue weighted by Gasteiger charge is 2.30. The topological polar surface area (TPSA) is 237 Å². The van der Waals surface area contributed by atoms with Crippen LogP contribution in [-0.2, 0) is 65.4 Å². The Hall–Kier alpha value is -1.94. The van der Waals surface area contributed by atoms with Gasteiger partial charge < -0.3 is 33.8 Å². The van der Waals surface area contributed by atoms with Crippen molar-refractivity contribution in [3.8, 4) is 0 Å². The molecule has 0 fully saturated rings. The lowest BCUT2D eigenvalue weighted by Gasteiger charge is -2.21. The molecule has 0 aromatic carbocycles. The van der Waals surface area contributed by atoms with E-state index >= 15 is 0 Å². The maximum atomic E-state index is 13.0. The number of phosphoric ester groups is 2. The number of carbonyl (C=O) groups excluding carboxylic acids is 4. The fourth-order valence-corrected chi connectivity index (χ4v) is 12.6. The van der Waals surface area contributed by atoms with E-state index in [1.54, 1.807) is 0 Å². The molecule has 0 aromatic rings. The number of hydrogen-bond donors (Lipinski definition) is 3. The van der Waals surface area contributed by atoms with Crippen LogP contribution < -0.4 is 0 Å². The molecule has 0 aromatic heterocycles. The van der Waals surface area contributed by atoms with Gasteiger partial charge in [-0.3, -0.25) is 37.3 Å². The number of ether oxygens (including phenoxy) is 4. The molecule has 0 rings (SSSR count). The quantitative estimate of drug-likeness (QED) is 0.0222. The molecule has 92 heavy (non-hydrogen) atoms. The second-order valence-corrected chi connectivity index (χ2v) is 30.9. The summed E-state index contributed by atoms with van der Waals surface area (Å²) < 4.78 is 68.4. The normalized spacial score (nSPS) is 14.5. The zero-order chi connectivity index (χ0) is 68.2. The van der Waals surface area contributed by atoms with Gasteiger partial charge in [-0.1, -0.05) is 312 Å². The Morgan fingerprint density at radius 3 is 0.772 bits per heavy atom. The van der Waals surface area contributed by atoms with Crippen LogP contribution in [0.25, 0.3) is 0 Å². The molecular weight excluding hydrogens is 1210 g/mol. The third-order valence-corrected chi connectivity index (χ3v) is 19.1. The van der Waals surface area contributed by atoms with Crippen molar-refractivity contribution >= 4 is 39.5 Å². The number of aliphatic hydroxyl groups excluding tert-OH is 1. The van der Waals surface area contributed by atoms with Crippen LogP contribution in [0.1, 0.15) is 364 Å². The van der Waals surface area contributed by atoms with E-state index in [9.17, 15) is 43.2 Å². The fourth-order valence-electron chi connectivity index (χ4n) is 11.0. The molecule has 0 saturated carbocycles. The molecule has 0 aliphatic heterocycles. The molecule has 6 atom stereocenters. The number of aliphatic hydroxyl groups is 1. The average molecular weight is 1350 g/mol. The molecule has 546 valence electrons. The summed E-state index contributed by atoms with van der Waals surface area (Å²) in [6.07, 6.45) is 45.8. The SMILES string of the molecule is CCC(C)CCCCCCCCC(=O)OC[C@H](COP(=O)(O)OC[C@H](O)COP(=O)(O)OC[C@@H](COC(=O)CCCCCCCCCCCCCCCCC(C)C)OC(=O)CCCCCCCCCCCC(C)C)OC(=O)CCCCCCCCCCCCC(C)C. The number of rotatable bonds is 70. The van der Waals surface area contributed by atoms with E-state index in [-0.39, 0.29) is 25.7 Å². The molecule has 0 amide bonds. The van der Waals surface area contributed by atoms with Crippen molar-refractivity contribution in [2.24, 2.45) is 23.7 Å². The summed E-state index contributed by atoms with van der Waals surface area (Å²) >= 11 is 0. The maximum Gasteiger partial charge on any atom is 0.472 e. The first-order valence-electron chi connectivity index (χ1n) is 37.7. The van der Waals surface area contributed by atoms with Gasteiger partial charge in [-0.05, 0) is 49.4 Å². The van der Waals surface area contributed by atoms with E-state index in [1.807, 2.05) is 0 Å². The zero-order valence-corrected chi connectivity index (χ0v) is 62.0. The lowest BCUT2D eigenvalue weighted by molar-refractivity contribution is -0.161. The first-order chi connectivity index (χ1) is 44.1. The molecule has 0 spiro atoms. The van der Waals surface area contributed by atoms with E-state index in [1.165, 1.54) is 161 Å². The van der Waals surface area contributed by atoms with Crippen molar-refractivity contribution < 1.29 is 80.2 Å². The monoisotopic (exact) mass is 1350 g/mol. The van der Waals surface area contributed by atoms with Gasteiger partial charge in [-0.15, -0.1) is 0 Å². The van der Waals surface area contributed by atoms with Gasteiger partial charge in [0, 0.05) is 25.7 Å². The van der Waals surface area contributed by atoms with Crippen molar-refractivity contribution in [3.05, 3.63) is 0 Å². The predicted molar refractivity (Wildman–Crippen MR) is 372 cm³/mol. The lowest BCUT2D eigenvalue weighted by atomic mass is 10.00. The van der Waals surface area contributed by atoms with Crippen LogP contribution in [0.4, 0.5) is 0 Å². The largest absolute Gasteiger partial charge is 0.472 e. The Labute approximate surface area is 562 Å². The van der Waals surface area contributed by atoms with Crippen LogP contribution in [0.3, 0.4) is 0 Å². The van der Waals surface area contributed by atoms with Crippen molar-refractivity contribution in [1.29, 1.82) is 0 Å². The number of phosphoric acid groups is 2. The minimum atomic E-state index is -4.95. The van der Waals surface area contributed by atoms with Crippen LogP contribution in [0.2, 0.25) is 0 Å². The molecule has 0 saturated heterocycles. The van der Waals surface area contributed by atoms with Crippen LogP contribution in [0, 0.1) is 23.7 Å². The molecule has 17 nitrogen and oxygen atoms in total.